The topological polar surface area (TPSA) is 111 Å². The highest BCUT2D eigenvalue weighted by atomic mass is 16.6. The van der Waals surface area contributed by atoms with Gasteiger partial charge in [0, 0.05) is 30.1 Å². The van der Waals surface area contributed by atoms with Crippen LogP contribution >= 0.6 is 0 Å². The summed E-state index contributed by atoms with van der Waals surface area (Å²) in [6, 6.07) is 16.6. The van der Waals surface area contributed by atoms with Gasteiger partial charge in [0.05, 0.1) is 35.7 Å². The van der Waals surface area contributed by atoms with Crippen molar-refractivity contribution in [3.05, 3.63) is 98.4 Å². The Labute approximate surface area is 240 Å². The molecule has 2 aromatic carbocycles. The van der Waals surface area contributed by atoms with E-state index >= 15 is 0 Å². The number of esters is 2. The van der Waals surface area contributed by atoms with E-state index in [-0.39, 0.29) is 16.8 Å². The number of likely N-dealkylation sites (tertiary alicyclic amines) is 1. The van der Waals surface area contributed by atoms with E-state index in [1.54, 1.807) is 26.0 Å². The van der Waals surface area contributed by atoms with Gasteiger partial charge in [-0.25, -0.2) is 9.59 Å². The van der Waals surface area contributed by atoms with Gasteiger partial charge in [-0.1, -0.05) is 42.5 Å². The molecule has 0 aromatic heterocycles. The van der Waals surface area contributed by atoms with Gasteiger partial charge in [0.15, 0.2) is 0 Å². The third-order valence-electron chi connectivity index (χ3n) is 8.86. The quantitative estimate of drug-likeness (QED) is 0.266. The lowest BCUT2D eigenvalue weighted by Gasteiger charge is -2.52. The van der Waals surface area contributed by atoms with E-state index in [0.29, 0.717) is 34.9 Å². The number of nitrogens with one attached hydrogen (secondary N) is 1. The smallest absolute Gasteiger partial charge is 0.336 e. The van der Waals surface area contributed by atoms with Crippen LogP contribution in [0.25, 0.3) is 0 Å². The first-order chi connectivity index (χ1) is 19.7. The molecule has 9 nitrogen and oxygen atoms in total. The molecule has 2 heterocycles. The van der Waals surface area contributed by atoms with E-state index < -0.39 is 22.8 Å². The monoisotopic (exact) mass is 559 g/mol. The van der Waals surface area contributed by atoms with Gasteiger partial charge in [0.2, 0.25) is 0 Å². The third-order valence-corrected chi connectivity index (χ3v) is 8.86. The molecular weight excluding hydrogens is 522 g/mol. The largest absolute Gasteiger partial charge is 0.466 e. The van der Waals surface area contributed by atoms with Crippen LogP contribution in [0.4, 0.5) is 5.69 Å². The third kappa shape index (κ3) is 6.05. The van der Waals surface area contributed by atoms with Crippen molar-refractivity contribution in [1.29, 1.82) is 0 Å². The van der Waals surface area contributed by atoms with Crippen molar-refractivity contribution in [2.45, 2.75) is 52.0 Å². The number of dihydropyridines is 1. The maximum Gasteiger partial charge on any atom is 0.336 e. The highest BCUT2D eigenvalue weighted by molar-refractivity contribution is 5.99. The molecule has 1 saturated carbocycles. The fourth-order valence-corrected chi connectivity index (χ4v) is 6.79. The summed E-state index contributed by atoms with van der Waals surface area (Å²) in [5.74, 6) is -1.69. The van der Waals surface area contributed by atoms with Crippen LogP contribution < -0.4 is 5.32 Å². The van der Waals surface area contributed by atoms with Crippen molar-refractivity contribution >= 4 is 17.6 Å². The Morgan fingerprint density at radius 2 is 1.66 bits per heavy atom. The SMILES string of the molecule is COC(=O)C1=C(C)NC(C)=C(C(=O)OCC2CC3(CCN(Cc4ccccc4)CC3)C2)C1c1cccc([N+](=O)[O-])c1. The number of rotatable bonds is 8. The summed E-state index contributed by atoms with van der Waals surface area (Å²) >= 11 is 0. The van der Waals surface area contributed by atoms with Crippen LogP contribution in [-0.2, 0) is 25.6 Å². The normalized spacial score (nSPS) is 20.8. The molecule has 41 heavy (non-hydrogen) atoms. The van der Waals surface area contributed by atoms with Gasteiger partial charge in [0.1, 0.15) is 0 Å². The summed E-state index contributed by atoms with van der Waals surface area (Å²) in [5, 5.41) is 14.6. The van der Waals surface area contributed by atoms with Gasteiger partial charge in [-0.15, -0.1) is 0 Å². The maximum absolute atomic E-state index is 13.6. The molecular formula is C32H37N3O6. The van der Waals surface area contributed by atoms with Crippen LogP contribution in [0.5, 0.6) is 0 Å². The first-order valence-electron chi connectivity index (χ1n) is 14.1. The van der Waals surface area contributed by atoms with Crippen molar-refractivity contribution in [2.75, 3.05) is 26.8 Å². The first-order valence-corrected chi connectivity index (χ1v) is 14.1. The van der Waals surface area contributed by atoms with E-state index in [4.69, 9.17) is 9.47 Å². The van der Waals surface area contributed by atoms with Crippen LogP contribution in [0.1, 0.15) is 56.6 Å². The van der Waals surface area contributed by atoms with Gasteiger partial charge < -0.3 is 14.8 Å². The lowest BCUT2D eigenvalue weighted by molar-refractivity contribution is -0.384. The number of carbonyl (C=O) groups is 2. The molecule has 9 heteroatoms. The average molecular weight is 560 g/mol. The predicted octanol–water partition coefficient (Wildman–Crippen LogP) is 5.24. The molecule has 1 atom stereocenters. The summed E-state index contributed by atoms with van der Waals surface area (Å²) in [5.41, 5.74) is 3.58. The Morgan fingerprint density at radius 1 is 1.00 bits per heavy atom. The Kier molecular flexibility index (Phi) is 8.26. The minimum absolute atomic E-state index is 0.122. The molecule has 0 amide bonds. The minimum atomic E-state index is -0.849. The zero-order valence-corrected chi connectivity index (χ0v) is 23.9. The van der Waals surface area contributed by atoms with Crippen LogP contribution in [0.3, 0.4) is 0 Å². The Balaban J connectivity index is 1.23. The fourth-order valence-electron chi connectivity index (χ4n) is 6.79. The maximum atomic E-state index is 13.6. The van der Waals surface area contributed by atoms with E-state index in [1.165, 1.54) is 24.8 Å². The highest BCUT2D eigenvalue weighted by Gasteiger charge is 2.46. The number of nitrogens with zero attached hydrogens (tertiary/aromatic N) is 2. The van der Waals surface area contributed by atoms with E-state index in [1.807, 2.05) is 6.07 Å². The standard InChI is InChI=1S/C32H37N3O6/c1-21-27(30(36)40-3)29(25-10-7-11-26(16-25)35(38)39)28(22(2)33-21)31(37)41-20-24-17-32(18-24)12-14-34(15-13-32)19-23-8-5-4-6-9-23/h4-11,16,24,29,33H,12-15,17-20H2,1-3H3. The van der Waals surface area contributed by atoms with Gasteiger partial charge in [0.25, 0.3) is 5.69 Å². The molecule has 1 N–H and O–H groups in total. The summed E-state index contributed by atoms with van der Waals surface area (Å²) < 4.78 is 10.9. The summed E-state index contributed by atoms with van der Waals surface area (Å²) in [6.45, 7) is 6.91. The summed E-state index contributed by atoms with van der Waals surface area (Å²) in [4.78, 5) is 39.9. The lowest BCUT2D eigenvalue weighted by Crippen LogP contribution is -2.48. The number of nitro benzene ring substituents is 1. The van der Waals surface area contributed by atoms with Crippen LogP contribution in [0.2, 0.25) is 0 Å². The number of methoxy groups -OCH3 is 1. The van der Waals surface area contributed by atoms with Gasteiger partial charge >= 0.3 is 11.9 Å². The molecule has 1 saturated heterocycles. The number of non-ortho nitro benzene ring substituents is 1. The molecule has 1 unspecified atom stereocenters. The number of nitro groups is 1. The molecule has 2 aromatic rings. The second kappa shape index (κ2) is 11.9. The Bertz CT molecular complexity index is 1380. The Morgan fingerprint density at radius 3 is 2.29 bits per heavy atom. The van der Waals surface area contributed by atoms with Gasteiger partial charge in [-0.3, -0.25) is 15.0 Å². The van der Waals surface area contributed by atoms with Crippen molar-refractivity contribution in [3.8, 4) is 0 Å². The van der Waals surface area contributed by atoms with Crippen molar-refractivity contribution in [2.24, 2.45) is 11.3 Å². The molecule has 0 bridgehead atoms. The lowest BCUT2D eigenvalue weighted by atomic mass is 9.58. The second-order valence-electron chi connectivity index (χ2n) is 11.6. The van der Waals surface area contributed by atoms with Crippen LogP contribution in [0, 0.1) is 21.4 Å². The predicted molar refractivity (Wildman–Crippen MR) is 153 cm³/mol. The van der Waals surface area contributed by atoms with Gasteiger partial charge in [-0.2, -0.15) is 0 Å². The van der Waals surface area contributed by atoms with E-state index in [0.717, 1.165) is 45.3 Å². The zero-order valence-electron chi connectivity index (χ0n) is 23.9. The van der Waals surface area contributed by atoms with E-state index in [2.05, 4.69) is 34.5 Å². The molecule has 5 rings (SSSR count). The highest BCUT2D eigenvalue weighted by Crippen LogP contribution is 2.53. The number of benzene rings is 2. The van der Waals surface area contributed by atoms with E-state index in [9.17, 15) is 19.7 Å². The summed E-state index contributed by atoms with van der Waals surface area (Å²) in [7, 11) is 1.27. The molecule has 1 aliphatic carbocycles. The number of hydrogen-bond acceptors (Lipinski definition) is 8. The van der Waals surface area contributed by atoms with Crippen molar-refractivity contribution in [3.63, 3.8) is 0 Å². The van der Waals surface area contributed by atoms with Crippen LogP contribution in [0.15, 0.2) is 77.1 Å². The van der Waals surface area contributed by atoms with Gasteiger partial charge in [-0.05, 0) is 75.1 Å². The van der Waals surface area contributed by atoms with Crippen LogP contribution in [-0.4, -0.2) is 48.6 Å². The first kappa shape index (κ1) is 28.5. The average Bonchev–Trinajstić information content (AvgIpc) is 2.95. The Hall–Kier alpha value is -3.98. The second-order valence-corrected chi connectivity index (χ2v) is 11.6. The van der Waals surface area contributed by atoms with Crippen molar-refractivity contribution < 1.29 is 24.0 Å². The fraction of sp³-hybridized carbons (Fsp3) is 0.438. The molecule has 3 aliphatic rings. The number of hydrogen-bond donors (Lipinski definition) is 1. The zero-order chi connectivity index (χ0) is 29.1. The number of ether oxygens (including phenoxy) is 2. The summed E-state index contributed by atoms with van der Waals surface area (Å²) in [6.07, 6.45) is 4.38. The number of allylic oxidation sites excluding steroid dienone is 2. The number of piperidine rings is 1. The molecule has 2 aliphatic heterocycles. The number of carbonyl (C=O) groups excluding carboxylic acids is 2. The van der Waals surface area contributed by atoms with Crippen molar-refractivity contribution in [1.82, 2.24) is 10.2 Å². The molecule has 0 radical (unpaired) electrons. The molecule has 216 valence electrons. The molecule has 2 fully saturated rings. The molecule has 1 spiro atoms. The minimum Gasteiger partial charge on any atom is -0.466 e.